The first-order chi connectivity index (χ1) is 14.1. The zero-order chi connectivity index (χ0) is 23.9. The van der Waals surface area contributed by atoms with Gasteiger partial charge in [0.1, 0.15) is 0 Å². The number of rotatable bonds is 12. The molecule has 0 N–H and O–H groups in total. The maximum absolute atomic E-state index is 12.2. The van der Waals surface area contributed by atoms with E-state index in [0.717, 1.165) is 5.56 Å². The molecule has 0 heterocycles. The molecule has 0 fully saturated rings. The van der Waals surface area contributed by atoms with Gasteiger partial charge in [-0.15, -0.1) is 0 Å². The monoisotopic (exact) mass is 498 g/mol. The van der Waals surface area contributed by atoms with Gasteiger partial charge in [-0.3, -0.25) is 0 Å². The van der Waals surface area contributed by atoms with Crippen LogP contribution in [0.25, 0.3) is 0 Å². The Morgan fingerprint density at radius 1 is 0.839 bits per heavy atom. The quantitative estimate of drug-likeness (QED) is 0.195. The topological polar surface area (TPSA) is 54.0 Å². The van der Waals surface area contributed by atoms with Crippen molar-refractivity contribution >= 4 is 39.7 Å². The second-order valence-electron chi connectivity index (χ2n) is 10.8. The molecule has 5 nitrogen and oxygen atoms in total. The predicted octanol–water partition coefficient (Wildman–Crippen LogP) is 6.21. The zero-order valence-electron chi connectivity index (χ0n) is 21.1. The Balaban J connectivity index is 3.53. The van der Waals surface area contributed by atoms with Gasteiger partial charge in [0.25, 0.3) is 0 Å². The molecule has 1 atom stereocenters. The lowest BCUT2D eigenvalue weighted by Gasteiger charge is -2.46. The lowest BCUT2D eigenvalue weighted by molar-refractivity contribution is -0.138. The van der Waals surface area contributed by atoms with Crippen molar-refractivity contribution in [3.63, 3.8) is 0 Å². The summed E-state index contributed by atoms with van der Waals surface area (Å²) in [6.45, 7) is 21.5. The Hall–Kier alpha value is -0.822. The molecule has 0 aliphatic rings. The predicted molar refractivity (Wildman–Crippen MR) is 139 cm³/mol. The summed E-state index contributed by atoms with van der Waals surface area (Å²) in [5.41, 5.74) is 0.985. The Bertz CT molecular complexity index is 677. The molecule has 0 amide bonds. The number of carbonyl (C=O) groups is 1. The smallest absolute Gasteiger partial charge is 0.462 e. The lowest BCUT2D eigenvalue weighted by atomic mass is 10.1. The minimum Gasteiger partial charge on any atom is -0.462 e. The van der Waals surface area contributed by atoms with Gasteiger partial charge in [-0.05, 0) is 77.8 Å². The van der Waals surface area contributed by atoms with E-state index in [4.69, 9.17) is 17.1 Å². The summed E-state index contributed by atoms with van der Waals surface area (Å²) in [6.07, 6.45) is 3.81. The SMILES string of the molecule is CC=CC(=O)OCC(Cc1ccccc1)[Si](O[Si](C)(C)C)(O[Si](C)(C)C)O[Si](C)(C)C. The van der Waals surface area contributed by atoms with Gasteiger partial charge in [0.05, 0.1) is 12.1 Å². The molecular formula is C22H42O5Si4. The third-order valence-electron chi connectivity index (χ3n) is 3.90. The van der Waals surface area contributed by atoms with Crippen LogP contribution < -0.4 is 0 Å². The molecule has 0 bridgehead atoms. The molecule has 0 radical (unpaired) electrons. The number of hydrogen-bond acceptors (Lipinski definition) is 5. The van der Waals surface area contributed by atoms with Crippen LogP contribution in [0, 0.1) is 0 Å². The van der Waals surface area contributed by atoms with Crippen LogP contribution in [0.15, 0.2) is 42.5 Å². The van der Waals surface area contributed by atoms with E-state index in [0.29, 0.717) is 6.42 Å². The van der Waals surface area contributed by atoms with Crippen molar-refractivity contribution in [3.8, 4) is 0 Å². The molecule has 1 unspecified atom stereocenters. The number of allylic oxidation sites excluding steroid dienone is 1. The van der Waals surface area contributed by atoms with Crippen molar-refractivity contribution in [1.29, 1.82) is 0 Å². The van der Waals surface area contributed by atoms with Crippen LogP contribution in [-0.2, 0) is 28.3 Å². The molecular weight excluding hydrogens is 457 g/mol. The Kier molecular flexibility index (Phi) is 10.3. The van der Waals surface area contributed by atoms with Crippen LogP contribution in [0.5, 0.6) is 0 Å². The largest absolute Gasteiger partial charge is 0.476 e. The highest BCUT2D eigenvalue weighted by molar-refractivity contribution is 6.90. The molecule has 9 heteroatoms. The molecule has 176 valence electrons. The molecule has 1 aromatic carbocycles. The average Bonchev–Trinajstić information content (AvgIpc) is 2.54. The van der Waals surface area contributed by atoms with E-state index in [1.807, 2.05) is 18.2 Å². The number of ether oxygens (including phenoxy) is 1. The van der Waals surface area contributed by atoms with Crippen LogP contribution in [0.1, 0.15) is 12.5 Å². The summed E-state index contributed by atoms with van der Waals surface area (Å²) in [5.74, 6) is -0.350. The lowest BCUT2D eigenvalue weighted by Crippen LogP contribution is -2.64. The molecule has 0 aromatic heterocycles. The number of benzene rings is 1. The average molecular weight is 499 g/mol. The minimum absolute atomic E-state index is 0.172. The Morgan fingerprint density at radius 3 is 1.68 bits per heavy atom. The third-order valence-corrected chi connectivity index (χ3v) is 16.0. The van der Waals surface area contributed by atoms with Gasteiger partial charge in [-0.1, -0.05) is 36.4 Å². The van der Waals surface area contributed by atoms with E-state index in [2.05, 4.69) is 71.1 Å². The van der Waals surface area contributed by atoms with E-state index in [1.165, 1.54) is 6.08 Å². The first-order valence-corrected chi connectivity index (χ1v) is 23.0. The summed E-state index contributed by atoms with van der Waals surface area (Å²) in [5, 5.41) is 0. The Labute approximate surface area is 193 Å². The van der Waals surface area contributed by atoms with Crippen molar-refractivity contribution in [2.75, 3.05) is 6.61 Å². The fraction of sp³-hybridized carbons (Fsp3) is 0.591. The van der Waals surface area contributed by atoms with Crippen LogP contribution in [0.3, 0.4) is 0 Å². The van der Waals surface area contributed by atoms with Crippen LogP contribution in [-0.4, -0.2) is 46.3 Å². The second-order valence-corrected chi connectivity index (χ2v) is 27.9. The van der Waals surface area contributed by atoms with Gasteiger partial charge in [0.15, 0.2) is 25.0 Å². The highest BCUT2D eigenvalue weighted by atomic mass is 28.5. The summed E-state index contributed by atoms with van der Waals surface area (Å²) in [7, 11) is -9.35. The fourth-order valence-corrected chi connectivity index (χ4v) is 17.8. The van der Waals surface area contributed by atoms with E-state index >= 15 is 0 Å². The van der Waals surface area contributed by atoms with Crippen LogP contribution in [0.4, 0.5) is 0 Å². The zero-order valence-corrected chi connectivity index (χ0v) is 25.1. The number of carbonyl (C=O) groups excluding carboxylic acids is 1. The summed E-state index contributed by atoms with van der Waals surface area (Å²) < 4.78 is 26.4. The van der Waals surface area contributed by atoms with Gasteiger partial charge in [0.2, 0.25) is 0 Å². The molecule has 0 spiro atoms. The molecule has 0 aliphatic heterocycles. The standard InChI is InChI=1S/C22H42O5Si4/c1-11-15-22(23)24-19-21(18-20-16-13-12-14-17-20)31(25-28(2,3)4,26-29(5,6)7)27-30(8,9)10/h11-17,21H,18-19H2,1-10H3. The number of hydrogen-bond donors (Lipinski definition) is 0. The van der Waals surface area contributed by atoms with Gasteiger partial charge < -0.3 is 17.1 Å². The van der Waals surface area contributed by atoms with E-state index in [1.54, 1.807) is 13.0 Å². The van der Waals surface area contributed by atoms with Crippen LogP contribution in [0.2, 0.25) is 64.5 Å². The molecule has 0 saturated heterocycles. The first-order valence-electron chi connectivity index (χ1n) is 11.0. The Morgan fingerprint density at radius 2 is 1.29 bits per heavy atom. The maximum atomic E-state index is 12.2. The molecule has 0 saturated carbocycles. The summed E-state index contributed by atoms with van der Waals surface area (Å²) >= 11 is 0. The molecule has 31 heavy (non-hydrogen) atoms. The first kappa shape index (κ1) is 28.2. The van der Waals surface area contributed by atoms with Crippen molar-refractivity contribution in [1.82, 2.24) is 0 Å². The highest BCUT2D eigenvalue weighted by Gasteiger charge is 2.56. The maximum Gasteiger partial charge on any atom is 0.476 e. The van der Waals surface area contributed by atoms with Gasteiger partial charge in [-0.2, -0.15) is 0 Å². The van der Waals surface area contributed by atoms with Crippen molar-refractivity contribution in [2.24, 2.45) is 0 Å². The van der Waals surface area contributed by atoms with Gasteiger partial charge >= 0.3 is 14.8 Å². The molecule has 0 aliphatic carbocycles. The minimum atomic E-state index is -3.22. The van der Waals surface area contributed by atoms with Gasteiger partial charge in [0, 0.05) is 6.08 Å². The summed E-state index contributed by atoms with van der Waals surface area (Å²) in [6, 6.07) is 10.2. The van der Waals surface area contributed by atoms with Gasteiger partial charge in [-0.25, -0.2) is 4.79 Å². The van der Waals surface area contributed by atoms with Crippen molar-refractivity contribution in [2.45, 2.75) is 77.8 Å². The summed E-state index contributed by atoms with van der Waals surface area (Å²) in [4.78, 5) is 12.2. The molecule has 1 rings (SSSR count). The van der Waals surface area contributed by atoms with Crippen molar-refractivity contribution < 1.29 is 21.9 Å². The second kappa shape index (κ2) is 11.4. The number of esters is 1. The third kappa shape index (κ3) is 11.6. The normalized spacial score (nSPS) is 14.6. The van der Waals surface area contributed by atoms with E-state index < -0.39 is 33.8 Å². The van der Waals surface area contributed by atoms with E-state index in [-0.39, 0.29) is 18.1 Å². The van der Waals surface area contributed by atoms with Crippen LogP contribution >= 0.6 is 0 Å². The van der Waals surface area contributed by atoms with E-state index in [9.17, 15) is 4.79 Å². The highest BCUT2D eigenvalue weighted by Crippen LogP contribution is 2.37. The van der Waals surface area contributed by atoms with Crippen molar-refractivity contribution in [3.05, 3.63) is 48.0 Å². The fourth-order valence-electron chi connectivity index (χ4n) is 3.14. The molecule has 1 aromatic rings.